The van der Waals surface area contributed by atoms with Gasteiger partial charge in [0.2, 0.25) is 0 Å². The van der Waals surface area contributed by atoms with Crippen molar-refractivity contribution in [3.8, 4) is 33.4 Å². The maximum absolute atomic E-state index is 2.50. The van der Waals surface area contributed by atoms with Gasteiger partial charge in [0.05, 0.1) is 0 Å². The number of benzene rings is 9. The molecule has 0 fully saturated rings. The molecule has 0 saturated carbocycles. The second kappa shape index (κ2) is 12.8. The van der Waals surface area contributed by atoms with Crippen LogP contribution in [-0.4, -0.2) is 0 Å². The van der Waals surface area contributed by atoms with Crippen LogP contribution in [0.1, 0.15) is 47.2 Å². The van der Waals surface area contributed by atoms with Crippen molar-refractivity contribution in [2.75, 3.05) is 0 Å². The maximum Gasteiger partial charge on any atom is 0.0165 e. The van der Waals surface area contributed by atoms with Crippen LogP contribution in [0.3, 0.4) is 0 Å². The van der Waals surface area contributed by atoms with E-state index in [1.807, 2.05) is 0 Å². The van der Waals surface area contributed by atoms with Crippen molar-refractivity contribution in [1.29, 1.82) is 0 Å². The van der Waals surface area contributed by atoms with Crippen molar-refractivity contribution in [3.63, 3.8) is 0 Å². The van der Waals surface area contributed by atoms with Gasteiger partial charge in [0.15, 0.2) is 0 Å². The third kappa shape index (κ3) is 5.44. The van der Waals surface area contributed by atoms with E-state index in [4.69, 9.17) is 0 Å². The van der Waals surface area contributed by atoms with Gasteiger partial charge in [-0.15, -0.1) is 0 Å². The normalized spacial score (nSPS) is 13.5. The van der Waals surface area contributed by atoms with Crippen LogP contribution >= 0.6 is 0 Å². The molecule has 0 nitrogen and oxygen atoms in total. The van der Waals surface area contributed by atoms with Crippen LogP contribution in [-0.2, 0) is 5.41 Å². The second-order valence-corrected chi connectivity index (χ2v) is 15.8. The fraction of sp³-hybridized carbons (Fsp3) is 0.0909. The van der Waals surface area contributed by atoms with Gasteiger partial charge in [-0.2, -0.15) is 0 Å². The summed E-state index contributed by atoms with van der Waals surface area (Å²) in [5.74, 6) is 0. The summed E-state index contributed by atoms with van der Waals surface area (Å²) in [6.45, 7) is 9.15. The lowest BCUT2D eigenvalue weighted by Crippen LogP contribution is -2.16. The molecular weight excluding hydrogens is 661 g/mol. The van der Waals surface area contributed by atoms with Gasteiger partial charge in [-0.1, -0.05) is 195 Å². The largest absolute Gasteiger partial charge is 0.0616 e. The molecule has 9 aromatic rings. The van der Waals surface area contributed by atoms with Crippen molar-refractivity contribution < 1.29 is 0 Å². The summed E-state index contributed by atoms with van der Waals surface area (Å²) in [7, 11) is 0. The van der Waals surface area contributed by atoms with Crippen molar-refractivity contribution in [3.05, 3.63) is 215 Å². The van der Waals surface area contributed by atoms with E-state index in [1.54, 1.807) is 0 Å². The molecule has 1 aliphatic carbocycles. The summed E-state index contributed by atoms with van der Waals surface area (Å²) in [4.78, 5) is 0. The number of hydrogen-bond donors (Lipinski definition) is 0. The molecule has 0 aliphatic heterocycles. The van der Waals surface area contributed by atoms with Crippen LogP contribution < -0.4 is 0 Å². The topological polar surface area (TPSA) is 0 Å². The monoisotopic (exact) mass is 702 g/mol. The van der Waals surface area contributed by atoms with Gasteiger partial charge < -0.3 is 0 Å². The summed E-state index contributed by atoms with van der Waals surface area (Å²) in [5.41, 5.74) is 17.9. The third-order valence-electron chi connectivity index (χ3n) is 12.0. The first-order valence-corrected chi connectivity index (χ1v) is 19.4. The minimum atomic E-state index is -0.209. The molecule has 10 rings (SSSR count). The van der Waals surface area contributed by atoms with Gasteiger partial charge in [0.25, 0.3) is 0 Å². The Morgan fingerprint density at radius 2 is 0.800 bits per heavy atom. The van der Waals surface area contributed by atoms with Crippen molar-refractivity contribution in [1.82, 2.24) is 0 Å². The third-order valence-corrected chi connectivity index (χ3v) is 12.0. The van der Waals surface area contributed by atoms with Crippen LogP contribution in [0.5, 0.6) is 0 Å². The Kier molecular flexibility index (Phi) is 7.72. The molecule has 0 unspecified atom stereocenters. The smallest absolute Gasteiger partial charge is 0.0165 e. The lowest BCUT2D eigenvalue weighted by atomic mass is 9.77. The van der Waals surface area contributed by atoms with Gasteiger partial charge >= 0.3 is 0 Å². The van der Waals surface area contributed by atoms with E-state index in [9.17, 15) is 0 Å². The molecule has 55 heavy (non-hydrogen) atoms. The minimum Gasteiger partial charge on any atom is -0.0616 e. The summed E-state index contributed by atoms with van der Waals surface area (Å²) in [6, 6.07) is 68.0. The van der Waals surface area contributed by atoms with Gasteiger partial charge in [-0.25, -0.2) is 0 Å². The maximum atomic E-state index is 2.50. The van der Waals surface area contributed by atoms with Crippen molar-refractivity contribution >= 4 is 43.5 Å². The average molecular weight is 703 g/mol. The van der Waals surface area contributed by atoms with Crippen molar-refractivity contribution in [2.24, 2.45) is 0 Å². The molecular formula is C55H42. The predicted molar refractivity (Wildman–Crippen MR) is 237 cm³/mol. The van der Waals surface area contributed by atoms with Gasteiger partial charge in [-0.3, -0.25) is 0 Å². The molecule has 0 heterocycles. The molecule has 0 heteroatoms. The number of fused-ring (bicyclic) bond motifs is 4. The Bertz CT molecular complexity index is 2910. The lowest BCUT2D eigenvalue weighted by Gasteiger charge is -2.26. The Balaban J connectivity index is 1.14. The molecule has 0 amide bonds. The lowest BCUT2D eigenvalue weighted by molar-refractivity contribution is 0.704. The molecule has 0 bridgehead atoms. The number of hydrogen-bond acceptors (Lipinski definition) is 0. The van der Waals surface area contributed by atoms with E-state index in [2.05, 4.69) is 210 Å². The average Bonchev–Trinajstić information content (AvgIpc) is 3.46. The van der Waals surface area contributed by atoms with Crippen molar-refractivity contribution in [2.45, 2.75) is 33.1 Å². The van der Waals surface area contributed by atoms with E-state index < -0.39 is 0 Å². The van der Waals surface area contributed by atoms with Crippen LogP contribution in [0, 0.1) is 13.8 Å². The molecule has 0 aromatic heterocycles. The van der Waals surface area contributed by atoms with E-state index in [0.29, 0.717) is 0 Å². The summed E-state index contributed by atoms with van der Waals surface area (Å²) in [6.07, 6.45) is 0. The molecule has 0 atom stereocenters. The standard InChI is InChI=1S/C55H42/c1-35-17-21-40(22-18-35)53-49-32-31-44(34-50(49)55(3,4)54(53)41-23-19-36(2)20-24-41)52-47-15-9-7-13-45(47)51(46-14-8-10-16-48(46)52)39-28-25-38(26-29-39)43-30-27-37-11-5-6-12-42(37)33-43/h5-34H,1-4H3. The zero-order valence-corrected chi connectivity index (χ0v) is 31.8. The first-order valence-electron chi connectivity index (χ1n) is 19.4. The Labute approximate surface area is 324 Å². The molecule has 0 N–H and O–H groups in total. The Morgan fingerprint density at radius 1 is 0.345 bits per heavy atom. The van der Waals surface area contributed by atoms with Crippen LogP contribution in [0.2, 0.25) is 0 Å². The molecule has 262 valence electrons. The van der Waals surface area contributed by atoms with E-state index in [1.165, 1.54) is 110 Å². The van der Waals surface area contributed by atoms with Crippen LogP contribution in [0.4, 0.5) is 0 Å². The molecule has 1 aliphatic rings. The molecule has 9 aromatic carbocycles. The van der Waals surface area contributed by atoms with E-state index in [-0.39, 0.29) is 5.41 Å². The van der Waals surface area contributed by atoms with Crippen LogP contribution in [0.15, 0.2) is 182 Å². The minimum absolute atomic E-state index is 0.209. The highest BCUT2D eigenvalue weighted by Crippen LogP contribution is 2.54. The zero-order valence-electron chi connectivity index (χ0n) is 31.8. The highest BCUT2D eigenvalue weighted by Gasteiger charge is 2.39. The quantitative estimate of drug-likeness (QED) is 0.157. The highest BCUT2D eigenvalue weighted by atomic mass is 14.4. The molecule has 0 spiro atoms. The first kappa shape index (κ1) is 33.1. The fourth-order valence-corrected chi connectivity index (χ4v) is 9.21. The summed E-state index contributed by atoms with van der Waals surface area (Å²) in [5, 5.41) is 7.62. The molecule has 0 radical (unpaired) electrons. The second-order valence-electron chi connectivity index (χ2n) is 15.8. The predicted octanol–water partition coefficient (Wildman–Crippen LogP) is 15.0. The SMILES string of the molecule is Cc1ccc(C2=C(c3ccc(C)cc3)C(C)(C)c3cc(-c4c5ccccc5c(-c5ccc(-c6ccc7ccccc7c6)cc5)c5ccccc45)ccc32)cc1. The van der Waals surface area contributed by atoms with Gasteiger partial charge in [-0.05, 0) is 125 Å². The number of aryl methyl sites for hydroxylation is 2. The fourth-order valence-electron chi connectivity index (χ4n) is 9.21. The summed E-state index contributed by atoms with van der Waals surface area (Å²) >= 11 is 0. The van der Waals surface area contributed by atoms with E-state index >= 15 is 0 Å². The highest BCUT2D eigenvalue weighted by molar-refractivity contribution is 6.21. The zero-order chi connectivity index (χ0) is 37.3. The number of rotatable bonds is 5. The van der Waals surface area contributed by atoms with Crippen LogP contribution in [0.25, 0.3) is 76.8 Å². The van der Waals surface area contributed by atoms with Gasteiger partial charge in [0, 0.05) is 5.41 Å². The Morgan fingerprint density at radius 3 is 1.40 bits per heavy atom. The Hall–Kier alpha value is -6.50. The first-order chi connectivity index (χ1) is 26.8. The van der Waals surface area contributed by atoms with Gasteiger partial charge in [0.1, 0.15) is 0 Å². The molecule has 0 saturated heterocycles. The summed E-state index contributed by atoms with van der Waals surface area (Å²) < 4.78 is 0. The van der Waals surface area contributed by atoms with E-state index in [0.717, 1.165) is 0 Å². The number of allylic oxidation sites excluding steroid dienone is 1.